The third-order valence-electron chi connectivity index (χ3n) is 16.5. The first-order chi connectivity index (χ1) is 55.7. The lowest BCUT2D eigenvalue weighted by molar-refractivity contribution is -0.272. The van der Waals surface area contributed by atoms with Crippen LogP contribution in [0.1, 0.15) is 52.9 Å². The minimum absolute atomic E-state index is 0.00904. The molecular formula is C67H121IN8O39P-. The number of carbonyl (C=O) groups excluding carboxylic acids is 8. The molecule has 49 heteroatoms. The van der Waals surface area contributed by atoms with Crippen molar-refractivity contribution in [1.29, 1.82) is 0 Å². The Bertz CT molecular complexity index is 2560. The summed E-state index contributed by atoms with van der Waals surface area (Å²) >= 11 is 1.21. The van der Waals surface area contributed by atoms with Crippen LogP contribution in [0.2, 0.25) is 0 Å². The Balaban J connectivity index is 1.57. The van der Waals surface area contributed by atoms with E-state index in [1.165, 1.54) is 43.8 Å². The molecule has 676 valence electrons. The minimum Gasteiger partial charge on any atom is -0.756 e. The second-order valence-corrected chi connectivity index (χ2v) is 28.4. The average molecular weight is 1820 g/mol. The van der Waals surface area contributed by atoms with Gasteiger partial charge in [0.2, 0.25) is 47.3 Å². The van der Waals surface area contributed by atoms with Crippen LogP contribution in [0.5, 0.6) is 0 Å². The van der Waals surface area contributed by atoms with Crippen LogP contribution in [0.15, 0.2) is 0 Å². The molecule has 0 aromatic carbocycles. The fourth-order valence-electron chi connectivity index (χ4n) is 10.7. The number of hydrogen-bond acceptors (Lipinski definition) is 39. The molecule has 0 aromatic heterocycles. The van der Waals surface area contributed by atoms with Gasteiger partial charge in [0, 0.05) is 79.1 Å². The molecule has 3 fully saturated rings. The molecule has 3 aliphatic heterocycles. The summed E-state index contributed by atoms with van der Waals surface area (Å²) in [6.45, 7) is 1.56. The van der Waals surface area contributed by atoms with Crippen molar-refractivity contribution in [2.75, 3.05) is 231 Å². The van der Waals surface area contributed by atoms with Gasteiger partial charge in [-0.05, 0) is 0 Å². The first-order valence-electron chi connectivity index (χ1n) is 37.8. The summed E-state index contributed by atoms with van der Waals surface area (Å²) in [5.74, 6) is -3.85. The van der Waals surface area contributed by atoms with E-state index in [4.69, 9.17) is 85.3 Å². The molecule has 0 radical (unpaired) electrons. The molecule has 0 bridgehead atoms. The molecule has 3 saturated heterocycles. The maximum absolute atomic E-state index is 13.9. The van der Waals surface area contributed by atoms with Gasteiger partial charge in [-0.1, -0.05) is 0 Å². The van der Waals surface area contributed by atoms with Gasteiger partial charge in [0.25, 0.3) is 7.82 Å². The highest BCUT2D eigenvalue weighted by atomic mass is 127. The molecule has 3 rings (SSSR count). The Morgan fingerprint density at radius 1 is 0.353 bits per heavy atom. The van der Waals surface area contributed by atoms with Gasteiger partial charge in [-0.3, -0.25) is 42.9 Å². The summed E-state index contributed by atoms with van der Waals surface area (Å²) in [7, 11) is -4.31. The van der Waals surface area contributed by atoms with E-state index < -0.39 is 166 Å². The molecule has 0 saturated carbocycles. The monoisotopic (exact) mass is 1820 g/mol. The highest BCUT2D eigenvalue weighted by Crippen LogP contribution is 2.40. The molecule has 1 unspecified atom stereocenters. The number of nitrogens with one attached hydrogen (secondary N) is 8. The van der Waals surface area contributed by atoms with Crippen LogP contribution in [0, 0.1) is 0 Å². The van der Waals surface area contributed by atoms with E-state index in [0.29, 0.717) is 0 Å². The number of aliphatic hydroxyl groups excluding tert-OH is 9. The second kappa shape index (κ2) is 63.5. The second-order valence-electron chi connectivity index (χ2n) is 25.9. The van der Waals surface area contributed by atoms with E-state index in [0.717, 1.165) is 0 Å². The van der Waals surface area contributed by atoms with Gasteiger partial charge in [0.15, 0.2) is 18.9 Å². The van der Waals surface area contributed by atoms with Crippen molar-refractivity contribution >= 4 is 78.1 Å². The zero-order chi connectivity index (χ0) is 85.4. The van der Waals surface area contributed by atoms with E-state index in [9.17, 15) is 93.8 Å². The highest BCUT2D eigenvalue weighted by molar-refractivity contribution is 14.1. The van der Waals surface area contributed by atoms with E-state index in [1.54, 1.807) is 0 Å². The van der Waals surface area contributed by atoms with Crippen LogP contribution in [-0.4, -0.2) is 422 Å². The Morgan fingerprint density at radius 3 is 0.862 bits per heavy atom. The number of hydrogen-bond donors (Lipinski definition) is 17. The maximum atomic E-state index is 13.9. The number of carbonyl (C=O) groups is 8. The number of amides is 8. The Labute approximate surface area is 685 Å². The zero-order valence-electron chi connectivity index (χ0n) is 65.5. The molecule has 47 nitrogen and oxygen atoms in total. The summed E-state index contributed by atoms with van der Waals surface area (Å²) in [4.78, 5) is 112. The van der Waals surface area contributed by atoms with Crippen LogP contribution in [0.4, 0.5) is 0 Å². The van der Waals surface area contributed by atoms with Crippen LogP contribution >= 0.6 is 30.8 Å². The van der Waals surface area contributed by atoms with Crippen LogP contribution in [0.25, 0.3) is 0 Å². The average Bonchev–Trinajstić information content (AvgIpc) is 0.819. The van der Waals surface area contributed by atoms with Crippen molar-refractivity contribution in [2.45, 2.75) is 150 Å². The largest absolute Gasteiger partial charge is 0.756 e. The van der Waals surface area contributed by atoms with Gasteiger partial charge in [-0.2, -0.15) is 0 Å². The summed E-state index contributed by atoms with van der Waals surface area (Å²) in [6.07, 6.45) is -17.1. The van der Waals surface area contributed by atoms with Crippen LogP contribution < -0.4 is 47.4 Å². The highest BCUT2D eigenvalue weighted by Gasteiger charge is 2.48. The van der Waals surface area contributed by atoms with Crippen molar-refractivity contribution < 1.29 is 186 Å². The summed E-state index contributed by atoms with van der Waals surface area (Å²) < 4.78 is 121. The fourth-order valence-corrected chi connectivity index (χ4v) is 11.4. The van der Waals surface area contributed by atoms with Gasteiger partial charge in [-0.15, -0.1) is 0 Å². The minimum atomic E-state index is -4.31. The summed E-state index contributed by atoms with van der Waals surface area (Å²) in [6, 6.07) is -3.48. The van der Waals surface area contributed by atoms with Gasteiger partial charge >= 0.3 is 0 Å². The van der Waals surface area contributed by atoms with E-state index >= 15 is 0 Å². The standard InChI is InChI=1S/C67H122IN8O39P/c1-44(80)73-55-61(91)58(88)47(38-77)112-64(55)108-34-30-99-19-10-70-51(84)5-15-105-41-67(42-106-16-6-52(85)71-11-20-100-31-35-109-65-56(74-45(2)81)62(92)59(89)48(39-78)113-65,43-107-17-7-53(86)72-12-21-101-32-36-110-66-57(75-46(3)82)63(93)60(90)49(40-79)114-66)76-54(87)8-14-97-22-24-98-18-9-69-50(83)4-13-96-23-25-102-26-27-103-28-29-104-33-37-111-116(94,95)115-68/h47-49,55-66,77-79,88-93H,4-43H2,1-3H3,(H,69,83)(H,70,84)(H,71,85)(H,72,86)(H,73,80)(H,74,81)(H,75,82)(H,76,87)(H,94,95)/p-1/t47-,48-,49-,55-,56-,57-,58+,59+,60+,61-,62-,63-,64-,65-,66-/m1/s1. The number of phosphoric acid groups is 1. The van der Waals surface area contributed by atoms with Gasteiger partial charge in [-0.25, -0.2) is 2.85 Å². The third kappa shape index (κ3) is 46.5. The summed E-state index contributed by atoms with van der Waals surface area (Å²) in [5, 5.41) is 112. The number of rotatable bonds is 69. The van der Waals surface area contributed by atoms with Gasteiger partial charge in [0.05, 0.1) is 205 Å². The molecular weight excluding hydrogens is 1700 g/mol. The predicted molar refractivity (Wildman–Crippen MR) is 398 cm³/mol. The summed E-state index contributed by atoms with van der Waals surface area (Å²) in [5.41, 5.74) is -1.56. The van der Waals surface area contributed by atoms with Crippen molar-refractivity contribution in [1.82, 2.24) is 42.5 Å². The van der Waals surface area contributed by atoms with Crippen molar-refractivity contribution in [3.63, 3.8) is 0 Å². The molecule has 16 atom stereocenters. The number of aliphatic hydroxyl groups is 9. The molecule has 3 aliphatic rings. The first kappa shape index (κ1) is 106. The molecule has 0 aliphatic carbocycles. The molecule has 17 N–H and O–H groups in total. The molecule has 8 amide bonds. The third-order valence-corrected chi connectivity index (χ3v) is 18.6. The van der Waals surface area contributed by atoms with Crippen LogP contribution in [0.3, 0.4) is 0 Å². The molecule has 116 heavy (non-hydrogen) atoms. The van der Waals surface area contributed by atoms with E-state index in [1.807, 2.05) is 0 Å². The van der Waals surface area contributed by atoms with Gasteiger partial charge < -0.3 is 183 Å². The molecule has 0 aromatic rings. The lowest BCUT2D eigenvalue weighted by Crippen LogP contribution is -2.64. The smallest absolute Gasteiger partial charge is 0.277 e. The molecule has 0 spiro atoms. The van der Waals surface area contributed by atoms with Crippen molar-refractivity contribution in [3.8, 4) is 0 Å². The Kier molecular flexibility index (Phi) is 57.8. The Morgan fingerprint density at radius 2 is 0.595 bits per heavy atom. The first-order valence-corrected chi connectivity index (χ1v) is 40.1. The lowest BCUT2D eigenvalue weighted by Gasteiger charge is -2.42. The molecule has 3 heterocycles. The maximum Gasteiger partial charge on any atom is 0.277 e. The number of halogens is 1. The van der Waals surface area contributed by atoms with E-state index in [2.05, 4.69) is 49.9 Å². The van der Waals surface area contributed by atoms with Crippen molar-refractivity contribution in [3.05, 3.63) is 0 Å². The van der Waals surface area contributed by atoms with Gasteiger partial charge in [0.1, 0.15) is 102 Å². The Hall–Kier alpha value is -4.48. The topological polar surface area (TPSA) is 640 Å². The SMILES string of the molecule is CC(=O)N[C@H]1[C@H](OCCOCCNC(=O)CCOCC(COCCC(=O)NCCOCCO[C@@H]2O[C@H](CO)[C@H](O)[C@H](O)[C@H]2NC(C)=O)(COCCC(=O)NCCOCCO[C@@H]2O[C@H](CO)[C@H](O)[C@H](O)[C@H]2NC(C)=O)NC(=O)CCOCCOCCNC(=O)CCOCCOCCOCCOCCOP(=O)([O-])OI)O[C@H](CO)[C@H](O)[C@@H]1O. The number of phosphoric ester groups is 1. The van der Waals surface area contributed by atoms with Crippen molar-refractivity contribution in [2.24, 2.45) is 0 Å². The van der Waals surface area contributed by atoms with Crippen LogP contribution in [-0.2, 0) is 136 Å². The normalized spacial score (nSPS) is 24.0. The predicted octanol–water partition coefficient (Wildman–Crippen LogP) is -9.81. The number of ether oxygens (including phenoxy) is 18. The van der Waals surface area contributed by atoms with E-state index in [-0.39, 0.29) is 249 Å². The fraction of sp³-hybridized carbons (Fsp3) is 0.881. The quantitative estimate of drug-likeness (QED) is 0.0153. The lowest BCUT2D eigenvalue weighted by atomic mass is 9.97. The zero-order valence-corrected chi connectivity index (χ0v) is 68.6.